The largest absolute Gasteiger partial charge is 0.481 e. The Morgan fingerprint density at radius 1 is 0.971 bits per heavy atom. The van der Waals surface area contributed by atoms with Gasteiger partial charge in [0.1, 0.15) is 17.5 Å². The monoisotopic (exact) mass is 478 g/mol. The van der Waals surface area contributed by atoms with E-state index in [2.05, 4.69) is 15.0 Å². The minimum absolute atomic E-state index is 0.0363. The fourth-order valence-corrected chi connectivity index (χ4v) is 2.97. The topological polar surface area (TPSA) is 140 Å². The number of ether oxygens (including phenoxy) is 2. The van der Waals surface area contributed by atoms with Gasteiger partial charge in [-0.25, -0.2) is 24.5 Å². The molecular formula is C22H34N6O6. The number of carboxylic acid groups (broad SMARTS) is 1. The molecule has 0 saturated carbocycles. The molecule has 34 heavy (non-hydrogen) atoms. The number of hydrogen-bond acceptors (Lipinski definition) is 9. The van der Waals surface area contributed by atoms with Gasteiger partial charge in [0.2, 0.25) is 0 Å². The van der Waals surface area contributed by atoms with Gasteiger partial charge in [0.15, 0.2) is 17.0 Å². The minimum atomic E-state index is -0.934. The van der Waals surface area contributed by atoms with Crippen molar-refractivity contribution in [3.05, 3.63) is 12.7 Å². The molecular weight excluding hydrogens is 444 g/mol. The normalized spacial score (nSPS) is 12.1. The van der Waals surface area contributed by atoms with E-state index in [1.54, 1.807) is 52.4 Å². The van der Waals surface area contributed by atoms with Crippen LogP contribution in [0.25, 0.3) is 11.2 Å². The Balaban J connectivity index is 2.30. The van der Waals surface area contributed by atoms with Gasteiger partial charge in [0, 0.05) is 13.1 Å². The van der Waals surface area contributed by atoms with Gasteiger partial charge in [0.05, 0.1) is 12.7 Å². The number of hydrogen-bond donors (Lipinski definition) is 1. The number of aliphatic carboxylic acids is 1. The standard InChI is InChI=1S/C22H34N6O6/c1-21(2,3)33-19(31)28(20(32)34-22(4,5)6)18-16-17(23-13-24-18)27(14-25-16)11-8-10-26(7)12-9-15(29)30/h13-14H,8-12H2,1-7H3,(H,29,30). The van der Waals surface area contributed by atoms with Crippen LogP contribution in [0.5, 0.6) is 0 Å². The van der Waals surface area contributed by atoms with E-state index in [0.29, 0.717) is 31.7 Å². The summed E-state index contributed by atoms with van der Waals surface area (Å²) in [5.41, 5.74) is -1.01. The van der Waals surface area contributed by atoms with Gasteiger partial charge < -0.3 is 24.0 Å². The fourth-order valence-electron chi connectivity index (χ4n) is 2.97. The number of carboxylic acids is 1. The summed E-state index contributed by atoms with van der Waals surface area (Å²) in [6.45, 7) is 11.8. The maximum atomic E-state index is 13.0. The Bertz CT molecular complexity index is 995. The SMILES string of the molecule is CN(CCCn1cnc2c(N(C(=O)OC(C)(C)C)C(=O)OC(C)(C)C)ncnc21)CCC(=O)O. The highest BCUT2D eigenvalue weighted by molar-refractivity contribution is 6.12. The zero-order valence-corrected chi connectivity index (χ0v) is 20.9. The number of aryl methyl sites for hydroxylation is 1. The van der Waals surface area contributed by atoms with Crippen LogP contribution in [0.1, 0.15) is 54.4 Å². The molecule has 0 saturated heterocycles. The Morgan fingerprint density at radius 2 is 1.56 bits per heavy atom. The fraction of sp³-hybridized carbons (Fsp3) is 0.636. The number of anilines is 1. The van der Waals surface area contributed by atoms with E-state index in [-0.39, 0.29) is 17.8 Å². The van der Waals surface area contributed by atoms with Crippen molar-refractivity contribution in [2.24, 2.45) is 0 Å². The van der Waals surface area contributed by atoms with Gasteiger partial charge in [-0.15, -0.1) is 0 Å². The summed E-state index contributed by atoms with van der Waals surface area (Å²) in [7, 11) is 1.86. The molecule has 2 heterocycles. The summed E-state index contributed by atoms with van der Waals surface area (Å²) in [4.78, 5) is 52.1. The van der Waals surface area contributed by atoms with Crippen LogP contribution in [-0.4, -0.2) is 79.0 Å². The summed E-state index contributed by atoms with van der Waals surface area (Å²) in [6.07, 6.45) is 1.72. The Labute approximate surface area is 198 Å². The van der Waals surface area contributed by atoms with Crippen molar-refractivity contribution in [2.45, 2.75) is 72.1 Å². The van der Waals surface area contributed by atoms with Gasteiger partial charge >= 0.3 is 18.2 Å². The van der Waals surface area contributed by atoms with Gasteiger partial charge in [0.25, 0.3) is 0 Å². The number of fused-ring (bicyclic) bond motifs is 1. The maximum Gasteiger partial charge on any atom is 0.425 e. The molecule has 0 aliphatic rings. The quantitative estimate of drug-likeness (QED) is 0.601. The molecule has 2 amide bonds. The van der Waals surface area contributed by atoms with Crippen LogP contribution in [0.2, 0.25) is 0 Å². The average Bonchev–Trinajstić information content (AvgIpc) is 3.07. The van der Waals surface area contributed by atoms with Crippen molar-refractivity contribution < 1.29 is 29.0 Å². The number of rotatable bonds is 8. The van der Waals surface area contributed by atoms with Crippen LogP contribution in [0.3, 0.4) is 0 Å². The van der Waals surface area contributed by atoms with Gasteiger partial charge in [-0.3, -0.25) is 4.79 Å². The van der Waals surface area contributed by atoms with Crippen molar-refractivity contribution in [1.82, 2.24) is 24.4 Å². The molecule has 12 heteroatoms. The lowest BCUT2D eigenvalue weighted by Crippen LogP contribution is -2.44. The van der Waals surface area contributed by atoms with Crippen LogP contribution >= 0.6 is 0 Å². The van der Waals surface area contributed by atoms with Crippen molar-refractivity contribution in [3.8, 4) is 0 Å². The van der Waals surface area contributed by atoms with E-state index in [1.807, 2.05) is 11.9 Å². The third-order valence-electron chi connectivity index (χ3n) is 4.39. The first-order chi connectivity index (χ1) is 15.7. The molecule has 0 aromatic carbocycles. The Morgan fingerprint density at radius 3 is 2.09 bits per heavy atom. The maximum absolute atomic E-state index is 13.0. The molecule has 0 unspecified atom stereocenters. The number of imidazole rings is 1. The molecule has 12 nitrogen and oxygen atoms in total. The number of aromatic nitrogens is 4. The van der Waals surface area contributed by atoms with E-state index in [0.717, 1.165) is 4.90 Å². The van der Waals surface area contributed by atoms with Crippen molar-refractivity contribution >= 4 is 35.1 Å². The average molecular weight is 479 g/mol. The van der Waals surface area contributed by atoms with E-state index in [1.165, 1.54) is 6.33 Å². The molecule has 0 spiro atoms. The van der Waals surface area contributed by atoms with E-state index in [9.17, 15) is 14.4 Å². The third kappa shape index (κ3) is 7.94. The van der Waals surface area contributed by atoms with Crippen molar-refractivity contribution in [1.29, 1.82) is 0 Å². The van der Waals surface area contributed by atoms with E-state index >= 15 is 0 Å². The lowest BCUT2D eigenvalue weighted by atomic mass is 10.2. The van der Waals surface area contributed by atoms with Crippen molar-refractivity contribution in [2.75, 3.05) is 25.0 Å². The predicted molar refractivity (Wildman–Crippen MR) is 125 cm³/mol. The molecule has 0 fully saturated rings. The summed E-state index contributed by atoms with van der Waals surface area (Å²) in [5, 5.41) is 8.81. The number of carbonyl (C=O) groups is 3. The second-order valence-corrected chi connectivity index (χ2v) is 9.90. The van der Waals surface area contributed by atoms with Crippen LogP contribution < -0.4 is 4.90 Å². The Hall–Kier alpha value is -3.28. The molecule has 1 N–H and O–H groups in total. The Kier molecular flexibility index (Phi) is 8.54. The summed E-state index contributed by atoms with van der Waals surface area (Å²) in [6, 6.07) is 0. The first-order valence-corrected chi connectivity index (χ1v) is 11.0. The third-order valence-corrected chi connectivity index (χ3v) is 4.39. The summed E-state index contributed by atoms with van der Waals surface area (Å²) >= 11 is 0. The zero-order chi connectivity index (χ0) is 25.7. The van der Waals surface area contributed by atoms with E-state index < -0.39 is 29.4 Å². The lowest BCUT2D eigenvalue weighted by Gasteiger charge is -2.28. The van der Waals surface area contributed by atoms with Gasteiger partial charge in [-0.1, -0.05) is 0 Å². The summed E-state index contributed by atoms with van der Waals surface area (Å²) < 4.78 is 12.6. The molecule has 2 rings (SSSR count). The lowest BCUT2D eigenvalue weighted by molar-refractivity contribution is -0.137. The van der Waals surface area contributed by atoms with Crippen molar-refractivity contribution in [3.63, 3.8) is 0 Å². The number of amides is 2. The smallest absolute Gasteiger partial charge is 0.425 e. The molecule has 0 bridgehead atoms. The van der Waals surface area contributed by atoms with Gasteiger partial charge in [-0.05, 0) is 61.6 Å². The second-order valence-electron chi connectivity index (χ2n) is 9.90. The number of imide groups is 1. The number of nitrogens with zero attached hydrogens (tertiary/aromatic N) is 6. The molecule has 2 aromatic heterocycles. The molecule has 0 radical (unpaired) electrons. The highest BCUT2D eigenvalue weighted by Gasteiger charge is 2.35. The van der Waals surface area contributed by atoms with Gasteiger partial charge in [-0.2, -0.15) is 4.90 Å². The predicted octanol–water partition coefficient (Wildman–Crippen LogP) is 3.30. The first kappa shape index (κ1) is 27.0. The highest BCUT2D eigenvalue weighted by atomic mass is 16.6. The first-order valence-electron chi connectivity index (χ1n) is 11.0. The highest BCUT2D eigenvalue weighted by Crippen LogP contribution is 2.26. The molecule has 0 aliphatic heterocycles. The zero-order valence-electron chi connectivity index (χ0n) is 20.9. The second kappa shape index (κ2) is 10.8. The molecule has 0 aliphatic carbocycles. The van der Waals surface area contributed by atoms with Crippen LogP contribution in [0, 0.1) is 0 Å². The molecule has 0 atom stereocenters. The van der Waals surface area contributed by atoms with Crippen LogP contribution in [0.15, 0.2) is 12.7 Å². The van der Waals surface area contributed by atoms with Crippen LogP contribution in [0.4, 0.5) is 15.4 Å². The van der Waals surface area contributed by atoms with Crippen LogP contribution in [-0.2, 0) is 20.8 Å². The molecule has 188 valence electrons. The minimum Gasteiger partial charge on any atom is -0.481 e. The molecule has 2 aromatic rings. The van der Waals surface area contributed by atoms with E-state index in [4.69, 9.17) is 14.6 Å². The number of carbonyl (C=O) groups excluding carboxylic acids is 2. The summed E-state index contributed by atoms with van der Waals surface area (Å²) in [5.74, 6) is -0.873.